The van der Waals surface area contributed by atoms with Crippen molar-refractivity contribution in [2.24, 2.45) is 0 Å². The molecule has 0 unspecified atom stereocenters. The Labute approximate surface area is 180 Å². The van der Waals surface area contributed by atoms with Gasteiger partial charge in [0.25, 0.3) is 0 Å². The molecule has 2 heterocycles. The summed E-state index contributed by atoms with van der Waals surface area (Å²) < 4.78 is 23.1. The number of hydrogen-bond donors (Lipinski definition) is 0. The molecular weight excluding hydrogens is 400 g/mol. The summed E-state index contributed by atoms with van der Waals surface area (Å²) in [5.74, 6) is -0.649. The van der Waals surface area contributed by atoms with Crippen molar-refractivity contribution in [1.82, 2.24) is 0 Å². The molecule has 0 N–H and O–H groups in total. The fourth-order valence-electron chi connectivity index (χ4n) is 3.31. The molecule has 7 heteroatoms. The third-order valence-electron chi connectivity index (χ3n) is 5.39. The maximum absolute atomic E-state index is 12.6. The van der Waals surface area contributed by atoms with Gasteiger partial charge in [-0.05, 0) is 59.7 Å². The lowest BCUT2D eigenvalue weighted by atomic mass is 9.93. The van der Waals surface area contributed by atoms with Crippen LogP contribution in [0.2, 0.25) is 0 Å². The van der Waals surface area contributed by atoms with Gasteiger partial charge in [0.1, 0.15) is 16.9 Å². The van der Waals surface area contributed by atoms with Crippen LogP contribution in [0.25, 0.3) is 11.0 Å². The average Bonchev–Trinajstić information content (AvgIpc) is 3.11. The van der Waals surface area contributed by atoms with Crippen LogP contribution in [0.3, 0.4) is 0 Å². The van der Waals surface area contributed by atoms with Crippen LogP contribution in [0, 0.1) is 0 Å². The average molecular weight is 426 g/mol. The number of esters is 2. The van der Waals surface area contributed by atoms with Crippen molar-refractivity contribution in [2.75, 3.05) is 0 Å². The predicted octanol–water partition coefficient (Wildman–Crippen LogP) is 4.39. The maximum atomic E-state index is 12.6. The topological polar surface area (TPSA) is 92.0 Å². The van der Waals surface area contributed by atoms with Crippen molar-refractivity contribution in [3.8, 4) is 5.75 Å². The van der Waals surface area contributed by atoms with Gasteiger partial charge in [-0.2, -0.15) is 0 Å². The lowest BCUT2D eigenvalue weighted by Crippen LogP contribution is -2.46. The highest BCUT2D eigenvalue weighted by atomic mass is 16.6. The second kappa shape index (κ2) is 8.41. The Hall–Kier alpha value is -3.35. The fraction of sp³-hybridized carbons (Fsp3) is 0.375. The molecule has 3 rings (SSSR count). The van der Waals surface area contributed by atoms with E-state index in [-0.39, 0.29) is 5.58 Å². The molecule has 0 amide bonds. The van der Waals surface area contributed by atoms with E-state index in [2.05, 4.69) is 0 Å². The van der Waals surface area contributed by atoms with Crippen LogP contribution in [0.4, 0.5) is 0 Å². The highest BCUT2D eigenvalue weighted by Crippen LogP contribution is 2.47. The molecule has 0 spiro atoms. The monoisotopic (exact) mass is 426 g/mol. The molecule has 31 heavy (non-hydrogen) atoms. The van der Waals surface area contributed by atoms with Crippen molar-refractivity contribution >= 4 is 22.9 Å². The maximum Gasteiger partial charge on any atom is 0.336 e. The van der Waals surface area contributed by atoms with Gasteiger partial charge in [-0.1, -0.05) is 12.2 Å². The number of benzene rings is 1. The molecule has 1 aromatic carbocycles. The van der Waals surface area contributed by atoms with Crippen molar-refractivity contribution in [2.45, 2.75) is 59.4 Å². The molecule has 0 saturated heterocycles. The van der Waals surface area contributed by atoms with E-state index in [1.54, 1.807) is 71.9 Å². The minimum atomic E-state index is -1.17. The quantitative estimate of drug-likeness (QED) is 0.398. The van der Waals surface area contributed by atoms with Gasteiger partial charge in [-0.3, -0.25) is 0 Å². The zero-order chi connectivity index (χ0) is 22.9. The lowest BCUT2D eigenvalue weighted by Gasteiger charge is -2.33. The zero-order valence-corrected chi connectivity index (χ0v) is 18.5. The molecule has 164 valence electrons. The zero-order valence-electron chi connectivity index (χ0n) is 18.5. The Morgan fingerprint density at radius 1 is 1.00 bits per heavy atom. The SMILES string of the molecule is C/C=C(/C)C(=O)O[C@H]1c2c(ccc3ccc(=O)oc23)O[C@@H]1C(C)(C)OC(=O)/C(C)=C\C. The first-order valence-electron chi connectivity index (χ1n) is 10.0. The van der Waals surface area contributed by atoms with E-state index in [1.807, 2.05) is 0 Å². The molecular formula is C24H26O7. The molecule has 1 aromatic heterocycles. The number of fused-ring (bicyclic) bond motifs is 3. The van der Waals surface area contributed by atoms with Gasteiger partial charge in [-0.15, -0.1) is 0 Å². The fourth-order valence-corrected chi connectivity index (χ4v) is 3.31. The molecule has 0 bridgehead atoms. The van der Waals surface area contributed by atoms with E-state index >= 15 is 0 Å². The summed E-state index contributed by atoms with van der Waals surface area (Å²) in [7, 11) is 0. The van der Waals surface area contributed by atoms with Crippen LogP contribution in [0.15, 0.2) is 56.8 Å². The second-order valence-corrected chi connectivity index (χ2v) is 7.95. The lowest BCUT2D eigenvalue weighted by molar-refractivity contribution is -0.172. The van der Waals surface area contributed by atoms with Gasteiger partial charge in [0.05, 0.1) is 5.56 Å². The first kappa shape index (κ1) is 22.3. The van der Waals surface area contributed by atoms with E-state index < -0.39 is 35.4 Å². The predicted molar refractivity (Wildman–Crippen MR) is 115 cm³/mol. The van der Waals surface area contributed by atoms with Crippen LogP contribution in [-0.4, -0.2) is 23.6 Å². The Balaban J connectivity index is 2.11. The summed E-state index contributed by atoms with van der Waals surface area (Å²) in [6, 6.07) is 6.42. The van der Waals surface area contributed by atoms with E-state index in [1.165, 1.54) is 6.07 Å². The van der Waals surface area contributed by atoms with Crippen LogP contribution >= 0.6 is 0 Å². The van der Waals surface area contributed by atoms with Crippen molar-refractivity contribution in [1.29, 1.82) is 0 Å². The first-order chi connectivity index (χ1) is 14.6. The van der Waals surface area contributed by atoms with Crippen molar-refractivity contribution in [3.63, 3.8) is 0 Å². The third-order valence-corrected chi connectivity index (χ3v) is 5.39. The van der Waals surface area contributed by atoms with Gasteiger partial charge in [0.2, 0.25) is 0 Å². The van der Waals surface area contributed by atoms with Crippen LogP contribution in [0.5, 0.6) is 5.75 Å². The van der Waals surface area contributed by atoms with E-state index in [4.69, 9.17) is 18.6 Å². The molecule has 7 nitrogen and oxygen atoms in total. The molecule has 0 saturated carbocycles. The van der Waals surface area contributed by atoms with E-state index in [9.17, 15) is 14.4 Å². The Kier molecular flexibility index (Phi) is 6.06. The minimum Gasteiger partial charge on any atom is -0.481 e. The van der Waals surface area contributed by atoms with Crippen LogP contribution in [-0.2, 0) is 19.1 Å². The first-order valence-corrected chi connectivity index (χ1v) is 10.0. The highest BCUT2D eigenvalue weighted by molar-refractivity contribution is 5.89. The smallest absolute Gasteiger partial charge is 0.336 e. The summed E-state index contributed by atoms with van der Waals surface area (Å²) in [6.45, 7) is 10.1. The van der Waals surface area contributed by atoms with Gasteiger partial charge in [0.15, 0.2) is 12.2 Å². The number of ether oxygens (including phenoxy) is 3. The molecule has 2 aromatic rings. The highest BCUT2D eigenvalue weighted by Gasteiger charge is 2.50. The van der Waals surface area contributed by atoms with Gasteiger partial charge in [0, 0.05) is 22.6 Å². The van der Waals surface area contributed by atoms with Gasteiger partial charge in [-0.25, -0.2) is 14.4 Å². The Bertz CT molecular complexity index is 1150. The van der Waals surface area contributed by atoms with Crippen molar-refractivity contribution in [3.05, 3.63) is 63.5 Å². The van der Waals surface area contributed by atoms with Crippen LogP contribution < -0.4 is 10.4 Å². The van der Waals surface area contributed by atoms with Gasteiger partial charge >= 0.3 is 17.6 Å². The Morgan fingerprint density at radius 2 is 1.61 bits per heavy atom. The summed E-state index contributed by atoms with van der Waals surface area (Å²) in [6.07, 6.45) is 1.47. The normalized spacial score (nSPS) is 19.0. The number of rotatable bonds is 5. The molecule has 0 radical (unpaired) electrons. The third kappa shape index (κ3) is 4.26. The summed E-state index contributed by atoms with van der Waals surface area (Å²) in [5, 5.41) is 0.658. The number of hydrogen-bond acceptors (Lipinski definition) is 7. The number of carbonyl (C=O) groups excluding carboxylic acids is 2. The molecule has 1 aliphatic rings. The number of allylic oxidation sites excluding steroid dienone is 2. The van der Waals surface area contributed by atoms with E-state index in [0.717, 1.165) is 0 Å². The molecule has 0 aliphatic carbocycles. The molecule has 1 aliphatic heterocycles. The molecule has 0 fully saturated rings. The summed E-state index contributed by atoms with van der Waals surface area (Å²) in [4.78, 5) is 37.0. The number of carbonyl (C=O) groups is 2. The molecule has 2 atom stereocenters. The summed E-state index contributed by atoms with van der Waals surface area (Å²) >= 11 is 0. The second-order valence-electron chi connectivity index (χ2n) is 7.95. The Morgan fingerprint density at radius 3 is 2.26 bits per heavy atom. The van der Waals surface area contributed by atoms with Gasteiger partial charge < -0.3 is 18.6 Å². The van der Waals surface area contributed by atoms with Crippen LogP contribution in [0.1, 0.15) is 53.2 Å². The largest absolute Gasteiger partial charge is 0.481 e. The van der Waals surface area contributed by atoms with Crippen molar-refractivity contribution < 1.29 is 28.2 Å². The minimum absolute atomic E-state index is 0.273. The van der Waals surface area contributed by atoms with E-state index in [0.29, 0.717) is 27.8 Å². The summed E-state index contributed by atoms with van der Waals surface area (Å²) in [5.41, 5.74) is -0.143. The standard InChI is InChI=1S/C24H26O7/c1-7-13(3)22(26)30-20-18-16(11-9-15-10-12-17(25)29-19(15)18)28-21(20)24(5,6)31-23(27)14(4)8-2/h7-12,20-21H,1-6H3/b13-7-,14-8-/t20-,21-/m0/s1.